The van der Waals surface area contributed by atoms with E-state index in [-0.39, 0.29) is 0 Å². The lowest BCUT2D eigenvalue weighted by molar-refractivity contribution is 0.0159. The highest BCUT2D eigenvalue weighted by Gasteiger charge is 2.32. The van der Waals surface area contributed by atoms with Gasteiger partial charge in [0.15, 0.2) is 0 Å². The lowest BCUT2D eigenvalue weighted by Crippen LogP contribution is -2.58. The maximum Gasteiger partial charge on any atom is 0.0416 e. The number of hydrogen-bond acceptors (Lipinski definition) is 3. The Balaban J connectivity index is 1.55. The van der Waals surface area contributed by atoms with E-state index in [2.05, 4.69) is 33.8 Å². The van der Waals surface area contributed by atoms with Crippen LogP contribution in [-0.2, 0) is 6.42 Å². The summed E-state index contributed by atoms with van der Waals surface area (Å²) in [7, 11) is 0. The lowest BCUT2D eigenvalue weighted by atomic mass is 9.97. The van der Waals surface area contributed by atoms with E-state index >= 15 is 0 Å². The van der Waals surface area contributed by atoms with Crippen LogP contribution in [0.3, 0.4) is 0 Å². The van der Waals surface area contributed by atoms with E-state index in [1.165, 1.54) is 44.6 Å². The highest BCUT2D eigenvalue weighted by molar-refractivity contribution is 5.04. The van der Waals surface area contributed by atoms with Gasteiger partial charge in [0, 0.05) is 50.0 Å². The van der Waals surface area contributed by atoms with Gasteiger partial charge in [0.1, 0.15) is 0 Å². The van der Waals surface area contributed by atoms with Crippen LogP contribution in [0.1, 0.15) is 31.9 Å². The number of fused-ring (bicyclic) bond motifs is 1. The first kappa shape index (κ1) is 13.1. The fourth-order valence-electron chi connectivity index (χ4n) is 3.53. The molecule has 2 fully saturated rings. The van der Waals surface area contributed by atoms with Gasteiger partial charge < -0.3 is 0 Å². The van der Waals surface area contributed by atoms with Crippen LogP contribution in [0.2, 0.25) is 0 Å². The molecule has 0 saturated carbocycles. The van der Waals surface area contributed by atoms with Crippen molar-refractivity contribution in [3.63, 3.8) is 0 Å². The summed E-state index contributed by atoms with van der Waals surface area (Å²) >= 11 is 0. The van der Waals surface area contributed by atoms with Crippen LogP contribution in [0.4, 0.5) is 0 Å². The molecule has 2 atom stereocenters. The first-order valence-electron chi connectivity index (χ1n) is 7.71. The predicted octanol–water partition coefficient (Wildman–Crippen LogP) is 2.18. The summed E-state index contributed by atoms with van der Waals surface area (Å²) < 4.78 is 0. The molecule has 1 aromatic rings. The fraction of sp³-hybridized carbons (Fsp3) is 0.688. The topological polar surface area (TPSA) is 19.4 Å². The molecular formula is C16H25N3. The number of hydrogen-bond donors (Lipinski definition) is 0. The summed E-state index contributed by atoms with van der Waals surface area (Å²) in [6, 6.07) is 7.73. The van der Waals surface area contributed by atoms with Crippen molar-refractivity contribution < 1.29 is 0 Å². The van der Waals surface area contributed by atoms with Gasteiger partial charge in [-0.25, -0.2) is 0 Å². The predicted molar refractivity (Wildman–Crippen MR) is 78.2 cm³/mol. The van der Waals surface area contributed by atoms with E-state index < -0.39 is 0 Å². The zero-order valence-corrected chi connectivity index (χ0v) is 12.0. The third kappa shape index (κ3) is 3.15. The van der Waals surface area contributed by atoms with E-state index in [4.69, 9.17) is 0 Å². The maximum atomic E-state index is 4.43. The Labute approximate surface area is 116 Å². The lowest BCUT2D eigenvalue weighted by Gasteiger charge is -2.47. The summed E-state index contributed by atoms with van der Waals surface area (Å²) in [6.45, 7) is 7.37. The van der Waals surface area contributed by atoms with Crippen LogP contribution in [-0.4, -0.2) is 53.0 Å². The van der Waals surface area contributed by atoms with Crippen molar-refractivity contribution in [1.29, 1.82) is 0 Å². The Morgan fingerprint density at radius 2 is 2.21 bits per heavy atom. The third-order valence-corrected chi connectivity index (χ3v) is 4.70. The van der Waals surface area contributed by atoms with E-state index in [0.29, 0.717) is 6.04 Å². The monoisotopic (exact) mass is 259 g/mol. The Hall–Kier alpha value is -0.930. The number of rotatable bonds is 3. The Kier molecular flexibility index (Phi) is 4.14. The zero-order chi connectivity index (χ0) is 13.1. The smallest absolute Gasteiger partial charge is 0.0416 e. The van der Waals surface area contributed by atoms with E-state index in [9.17, 15) is 0 Å². The second-order valence-corrected chi connectivity index (χ2v) is 6.06. The van der Waals surface area contributed by atoms with Crippen molar-refractivity contribution in [2.45, 2.75) is 44.7 Å². The molecule has 2 saturated heterocycles. The normalized spacial score (nSPS) is 29.1. The molecule has 104 valence electrons. The van der Waals surface area contributed by atoms with Gasteiger partial charge in [-0.2, -0.15) is 0 Å². The van der Waals surface area contributed by atoms with Crippen LogP contribution in [0, 0.1) is 0 Å². The van der Waals surface area contributed by atoms with Crippen molar-refractivity contribution in [2.75, 3.05) is 26.2 Å². The summed E-state index contributed by atoms with van der Waals surface area (Å²) in [6.07, 6.45) is 7.20. The van der Waals surface area contributed by atoms with E-state index in [0.717, 1.165) is 19.0 Å². The summed E-state index contributed by atoms with van der Waals surface area (Å²) in [4.78, 5) is 9.81. The molecule has 3 heteroatoms. The highest BCUT2D eigenvalue weighted by atomic mass is 15.3. The first-order valence-corrected chi connectivity index (χ1v) is 7.71. The Morgan fingerprint density at radius 1 is 1.26 bits per heavy atom. The molecule has 3 heterocycles. The minimum Gasteiger partial charge on any atom is -0.298 e. The van der Waals surface area contributed by atoms with Gasteiger partial charge in [-0.3, -0.25) is 14.8 Å². The molecule has 3 rings (SSSR count). The third-order valence-electron chi connectivity index (χ3n) is 4.70. The number of piperidine rings is 1. The van der Waals surface area contributed by atoms with Crippen molar-refractivity contribution in [2.24, 2.45) is 0 Å². The van der Waals surface area contributed by atoms with Gasteiger partial charge in [-0.05, 0) is 38.4 Å². The molecule has 1 aromatic heterocycles. The molecule has 0 radical (unpaired) electrons. The quantitative estimate of drug-likeness (QED) is 0.829. The molecule has 0 aliphatic carbocycles. The van der Waals surface area contributed by atoms with E-state index in [1.54, 1.807) is 0 Å². The number of aromatic nitrogens is 1. The largest absolute Gasteiger partial charge is 0.298 e. The molecule has 0 N–H and O–H groups in total. The summed E-state index contributed by atoms with van der Waals surface area (Å²) in [5.74, 6) is 0. The van der Waals surface area contributed by atoms with Gasteiger partial charge >= 0.3 is 0 Å². The second-order valence-electron chi connectivity index (χ2n) is 6.06. The highest BCUT2D eigenvalue weighted by Crippen LogP contribution is 2.23. The van der Waals surface area contributed by atoms with Crippen LogP contribution < -0.4 is 0 Å². The van der Waals surface area contributed by atoms with Gasteiger partial charge in [0.2, 0.25) is 0 Å². The van der Waals surface area contributed by atoms with Gasteiger partial charge in [-0.1, -0.05) is 12.5 Å². The molecule has 2 unspecified atom stereocenters. The Morgan fingerprint density at radius 3 is 3.05 bits per heavy atom. The summed E-state index contributed by atoms with van der Waals surface area (Å²) in [5, 5.41) is 0. The SMILES string of the molecule is CC1CN2CCCCC2CN1CCc1ccccn1. The first-order chi connectivity index (χ1) is 9.33. The Bertz CT molecular complexity index is 392. The fourth-order valence-corrected chi connectivity index (χ4v) is 3.53. The van der Waals surface area contributed by atoms with Gasteiger partial charge in [-0.15, -0.1) is 0 Å². The molecule has 0 aromatic carbocycles. The van der Waals surface area contributed by atoms with Crippen LogP contribution in [0.15, 0.2) is 24.4 Å². The summed E-state index contributed by atoms with van der Waals surface area (Å²) in [5.41, 5.74) is 1.22. The number of nitrogens with zero attached hydrogens (tertiary/aromatic N) is 3. The van der Waals surface area contributed by atoms with Crippen LogP contribution >= 0.6 is 0 Å². The molecular weight excluding hydrogens is 234 g/mol. The van der Waals surface area contributed by atoms with Crippen LogP contribution in [0.5, 0.6) is 0 Å². The average molecular weight is 259 g/mol. The van der Waals surface area contributed by atoms with Crippen molar-refractivity contribution >= 4 is 0 Å². The zero-order valence-electron chi connectivity index (χ0n) is 12.0. The molecule has 0 amide bonds. The van der Waals surface area contributed by atoms with Crippen molar-refractivity contribution in [3.8, 4) is 0 Å². The molecule has 2 aliphatic rings. The van der Waals surface area contributed by atoms with E-state index in [1.807, 2.05) is 12.3 Å². The van der Waals surface area contributed by atoms with Crippen molar-refractivity contribution in [1.82, 2.24) is 14.8 Å². The molecule has 0 spiro atoms. The number of piperazine rings is 1. The average Bonchev–Trinajstić information content (AvgIpc) is 2.46. The van der Waals surface area contributed by atoms with Gasteiger partial charge in [0.25, 0.3) is 0 Å². The van der Waals surface area contributed by atoms with Crippen molar-refractivity contribution in [3.05, 3.63) is 30.1 Å². The second kappa shape index (κ2) is 6.02. The minimum atomic E-state index is 0.693. The maximum absolute atomic E-state index is 4.43. The molecule has 0 bridgehead atoms. The standard InChI is InChI=1S/C16H25N3/c1-14-12-19-10-5-3-7-16(19)13-18(14)11-8-15-6-2-4-9-17-15/h2,4,6,9,14,16H,3,5,7-8,10-13H2,1H3. The van der Waals surface area contributed by atoms with Gasteiger partial charge in [0.05, 0.1) is 0 Å². The van der Waals surface area contributed by atoms with Crippen LogP contribution in [0.25, 0.3) is 0 Å². The minimum absolute atomic E-state index is 0.693. The molecule has 3 nitrogen and oxygen atoms in total. The molecule has 19 heavy (non-hydrogen) atoms. The number of pyridine rings is 1. The molecule has 2 aliphatic heterocycles.